The lowest BCUT2D eigenvalue weighted by molar-refractivity contribution is -0.148. The van der Waals surface area contributed by atoms with Crippen molar-refractivity contribution in [3.8, 4) is 0 Å². The lowest BCUT2D eigenvalue weighted by Crippen LogP contribution is -2.47. The first-order chi connectivity index (χ1) is 7.75. The molecule has 1 aromatic carbocycles. The summed E-state index contributed by atoms with van der Waals surface area (Å²) in [7, 11) is 1.77. The minimum atomic E-state index is -0.925. The van der Waals surface area contributed by atoms with E-state index < -0.39 is 11.5 Å². The zero-order valence-electron chi connectivity index (χ0n) is 10.00. The second kappa shape index (κ2) is 5.38. The van der Waals surface area contributed by atoms with Gasteiger partial charge in [-0.2, -0.15) is 0 Å². The fraction of sp³-hybridized carbons (Fsp3) is 0.417. The number of rotatable bonds is 4. The molecule has 0 radical (unpaired) electrons. The van der Waals surface area contributed by atoms with Crippen molar-refractivity contribution in [1.29, 1.82) is 0 Å². The van der Waals surface area contributed by atoms with Crippen LogP contribution in [0.15, 0.2) is 22.7 Å². The standard InChI is InChI=1S/C12H15BrClNO2/c1-12(2,11(16)17)15(3)7-8-6-9(13)4-5-10(8)14/h4-6H,7H2,1-3H3,(H,16,17). The monoisotopic (exact) mass is 319 g/mol. The quantitative estimate of drug-likeness (QED) is 0.924. The van der Waals surface area contributed by atoms with Gasteiger partial charge in [0.1, 0.15) is 5.54 Å². The predicted molar refractivity (Wildman–Crippen MR) is 72.3 cm³/mol. The number of benzene rings is 1. The summed E-state index contributed by atoms with van der Waals surface area (Å²) >= 11 is 9.45. The highest BCUT2D eigenvalue weighted by Crippen LogP contribution is 2.24. The molecule has 0 amide bonds. The third kappa shape index (κ3) is 3.44. The van der Waals surface area contributed by atoms with E-state index in [1.54, 1.807) is 31.9 Å². The largest absolute Gasteiger partial charge is 0.480 e. The van der Waals surface area contributed by atoms with Crippen LogP contribution in [-0.4, -0.2) is 28.6 Å². The Morgan fingerprint density at radius 1 is 1.53 bits per heavy atom. The van der Waals surface area contributed by atoms with Gasteiger partial charge in [-0.15, -0.1) is 0 Å². The van der Waals surface area contributed by atoms with Crippen molar-refractivity contribution >= 4 is 33.5 Å². The van der Waals surface area contributed by atoms with E-state index in [-0.39, 0.29) is 0 Å². The van der Waals surface area contributed by atoms with Gasteiger partial charge >= 0.3 is 5.97 Å². The second-order valence-corrected chi connectivity index (χ2v) is 5.78. The highest BCUT2D eigenvalue weighted by atomic mass is 79.9. The topological polar surface area (TPSA) is 40.5 Å². The number of nitrogens with zero attached hydrogens (tertiary/aromatic N) is 1. The summed E-state index contributed by atoms with van der Waals surface area (Å²) < 4.78 is 0.929. The fourth-order valence-corrected chi connectivity index (χ4v) is 1.87. The average molecular weight is 321 g/mol. The Morgan fingerprint density at radius 2 is 2.12 bits per heavy atom. The summed E-state index contributed by atoms with van der Waals surface area (Å²) in [5, 5.41) is 9.77. The van der Waals surface area contributed by atoms with Gasteiger partial charge in [-0.05, 0) is 44.7 Å². The number of carbonyl (C=O) groups is 1. The van der Waals surface area contributed by atoms with Crippen LogP contribution >= 0.6 is 27.5 Å². The van der Waals surface area contributed by atoms with Crippen LogP contribution in [-0.2, 0) is 11.3 Å². The summed E-state index contributed by atoms with van der Waals surface area (Å²) in [6, 6.07) is 5.55. The van der Waals surface area contributed by atoms with Crippen LogP contribution in [0.25, 0.3) is 0 Å². The molecule has 94 valence electrons. The van der Waals surface area contributed by atoms with Crippen molar-refractivity contribution in [1.82, 2.24) is 4.90 Å². The third-order valence-electron chi connectivity index (χ3n) is 2.89. The highest BCUT2D eigenvalue weighted by Gasteiger charge is 2.32. The van der Waals surface area contributed by atoms with Crippen molar-refractivity contribution in [2.24, 2.45) is 0 Å². The maximum atomic E-state index is 11.1. The predicted octanol–water partition coefficient (Wildman–Crippen LogP) is 3.40. The average Bonchev–Trinajstić information content (AvgIpc) is 2.23. The summed E-state index contributed by atoms with van der Waals surface area (Å²) in [5.74, 6) is -0.855. The summed E-state index contributed by atoms with van der Waals surface area (Å²) in [5.41, 5.74) is -0.0242. The van der Waals surface area contributed by atoms with E-state index in [1.807, 2.05) is 12.1 Å². The number of likely N-dealkylation sites (N-methyl/N-ethyl adjacent to an activating group) is 1. The number of carboxylic acids is 1. The van der Waals surface area contributed by atoms with Crippen LogP contribution in [0, 0.1) is 0 Å². The van der Waals surface area contributed by atoms with E-state index in [2.05, 4.69) is 15.9 Å². The number of halogens is 2. The lowest BCUT2D eigenvalue weighted by Gasteiger charge is -2.31. The van der Waals surface area contributed by atoms with Crippen LogP contribution in [0.5, 0.6) is 0 Å². The van der Waals surface area contributed by atoms with E-state index in [0.717, 1.165) is 10.0 Å². The lowest BCUT2D eigenvalue weighted by atomic mass is 10.0. The number of aliphatic carboxylic acids is 1. The number of hydrogen-bond donors (Lipinski definition) is 1. The Hall–Kier alpha value is -0.580. The molecule has 0 saturated heterocycles. The van der Waals surface area contributed by atoms with Crippen molar-refractivity contribution in [2.75, 3.05) is 7.05 Å². The molecule has 1 aromatic rings. The van der Waals surface area contributed by atoms with E-state index >= 15 is 0 Å². The third-order valence-corrected chi connectivity index (χ3v) is 3.75. The molecule has 1 N–H and O–H groups in total. The summed E-state index contributed by atoms with van der Waals surface area (Å²) in [4.78, 5) is 12.9. The minimum Gasteiger partial charge on any atom is -0.480 e. The van der Waals surface area contributed by atoms with Gasteiger partial charge in [-0.1, -0.05) is 27.5 Å². The van der Waals surface area contributed by atoms with Crippen LogP contribution in [0.1, 0.15) is 19.4 Å². The first-order valence-corrected chi connectivity index (χ1v) is 6.31. The van der Waals surface area contributed by atoms with Crippen LogP contribution in [0.4, 0.5) is 0 Å². The maximum absolute atomic E-state index is 11.1. The molecule has 0 spiro atoms. The highest BCUT2D eigenvalue weighted by molar-refractivity contribution is 9.10. The molecular formula is C12H15BrClNO2. The normalized spacial score (nSPS) is 11.9. The Morgan fingerprint density at radius 3 is 2.65 bits per heavy atom. The molecule has 0 aliphatic heterocycles. The molecule has 0 aliphatic carbocycles. The zero-order chi connectivity index (χ0) is 13.2. The van der Waals surface area contributed by atoms with Crippen molar-refractivity contribution < 1.29 is 9.90 Å². The molecule has 0 saturated carbocycles. The number of hydrogen-bond acceptors (Lipinski definition) is 2. The summed E-state index contributed by atoms with van der Waals surface area (Å²) in [6.45, 7) is 3.82. The van der Waals surface area contributed by atoms with Gasteiger partial charge in [0.05, 0.1) is 0 Å². The Kier molecular flexibility index (Phi) is 4.58. The first-order valence-electron chi connectivity index (χ1n) is 5.13. The van der Waals surface area contributed by atoms with Gasteiger partial charge in [-0.3, -0.25) is 9.69 Å². The van der Waals surface area contributed by atoms with Crippen LogP contribution in [0.3, 0.4) is 0 Å². The summed E-state index contributed by atoms with van der Waals surface area (Å²) in [6.07, 6.45) is 0. The Balaban J connectivity index is 2.91. The van der Waals surface area contributed by atoms with Gasteiger partial charge in [0.2, 0.25) is 0 Å². The Labute approximate surface area is 115 Å². The van der Waals surface area contributed by atoms with Crippen LogP contribution < -0.4 is 0 Å². The minimum absolute atomic E-state index is 0.484. The molecule has 0 aliphatic rings. The molecule has 0 heterocycles. The van der Waals surface area contributed by atoms with E-state index in [4.69, 9.17) is 16.7 Å². The van der Waals surface area contributed by atoms with Gasteiger partial charge in [0, 0.05) is 16.0 Å². The maximum Gasteiger partial charge on any atom is 0.323 e. The smallest absolute Gasteiger partial charge is 0.323 e. The second-order valence-electron chi connectivity index (χ2n) is 4.46. The molecule has 0 atom stereocenters. The van der Waals surface area contributed by atoms with Crippen molar-refractivity contribution in [2.45, 2.75) is 25.9 Å². The molecule has 1 rings (SSSR count). The molecule has 5 heteroatoms. The van der Waals surface area contributed by atoms with E-state index in [9.17, 15) is 4.79 Å². The molecular weight excluding hydrogens is 305 g/mol. The van der Waals surface area contributed by atoms with Gasteiger partial charge in [-0.25, -0.2) is 0 Å². The van der Waals surface area contributed by atoms with Crippen molar-refractivity contribution in [3.05, 3.63) is 33.3 Å². The van der Waals surface area contributed by atoms with Crippen LogP contribution in [0.2, 0.25) is 5.02 Å². The van der Waals surface area contributed by atoms with E-state index in [0.29, 0.717) is 11.6 Å². The molecule has 0 aromatic heterocycles. The Bertz CT molecular complexity index is 435. The molecule has 0 fully saturated rings. The molecule has 17 heavy (non-hydrogen) atoms. The van der Waals surface area contributed by atoms with Gasteiger partial charge < -0.3 is 5.11 Å². The van der Waals surface area contributed by atoms with E-state index in [1.165, 1.54) is 0 Å². The molecule has 0 unspecified atom stereocenters. The number of carboxylic acid groups (broad SMARTS) is 1. The fourth-order valence-electron chi connectivity index (χ4n) is 1.28. The molecule has 3 nitrogen and oxygen atoms in total. The first kappa shape index (κ1) is 14.5. The zero-order valence-corrected chi connectivity index (χ0v) is 12.3. The van der Waals surface area contributed by atoms with Gasteiger partial charge in [0.15, 0.2) is 0 Å². The molecule has 0 bridgehead atoms. The SMILES string of the molecule is CN(Cc1cc(Br)ccc1Cl)C(C)(C)C(=O)O. The van der Waals surface area contributed by atoms with Crippen molar-refractivity contribution in [3.63, 3.8) is 0 Å². The van der Waals surface area contributed by atoms with Gasteiger partial charge in [0.25, 0.3) is 0 Å².